The normalized spacial score (nSPS) is 10.1. The van der Waals surface area contributed by atoms with E-state index < -0.39 is 18.3 Å². The van der Waals surface area contributed by atoms with Gasteiger partial charge in [-0.2, -0.15) is 0 Å². The van der Waals surface area contributed by atoms with Crippen molar-refractivity contribution in [1.82, 2.24) is 4.90 Å². The first-order valence-electron chi connectivity index (χ1n) is 5.95. The van der Waals surface area contributed by atoms with Crippen molar-refractivity contribution in [3.63, 3.8) is 0 Å². The van der Waals surface area contributed by atoms with Crippen LogP contribution in [0.5, 0.6) is 5.75 Å². The Bertz CT molecular complexity index is 496. The van der Waals surface area contributed by atoms with Gasteiger partial charge in [-0.3, -0.25) is 9.59 Å². The van der Waals surface area contributed by atoms with E-state index in [1.807, 2.05) is 26.0 Å². The van der Waals surface area contributed by atoms with Crippen LogP contribution in [0.15, 0.2) is 12.1 Å². The van der Waals surface area contributed by atoms with E-state index in [1.165, 1.54) is 4.90 Å². The van der Waals surface area contributed by atoms with Gasteiger partial charge in [0.05, 0.1) is 7.11 Å². The smallest absolute Gasteiger partial charge is 0.312 e. The van der Waals surface area contributed by atoms with E-state index in [0.717, 1.165) is 22.4 Å². The Morgan fingerprint density at radius 2 is 1.89 bits per heavy atom. The molecule has 1 aromatic rings. The topological polar surface area (TPSA) is 66.8 Å². The average Bonchev–Trinajstić information content (AvgIpc) is 2.32. The molecule has 1 amide bonds. The molecule has 5 heteroatoms. The van der Waals surface area contributed by atoms with Crippen LogP contribution in [0.25, 0.3) is 0 Å². The molecule has 1 rings (SSSR count). The van der Waals surface area contributed by atoms with Gasteiger partial charge in [-0.15, -0.1) is 0 Å². The number of carbonyl (C=O) groups excluding carboxylic acids is 1. The molecular weight excluding hydrogens is 246 g/mol. The third-order valence-electron chi connectivity index (χ3n) is 2.99. The molecule has 0 saturated heterocycles. The largest absolute Gasteiger partial charge is 0.496 e. The molecule has 5 nitrogen and oxygen atoms in total. The van der Waals surface area contributed by atoms with Crippen LogP contribution >= 0.6 is 0 Å². The number of hydrogen-bond acceptors (Lipinski definition) is 3. The summed E-state index contributed by atoms with van der Waals surface area (Å²) in [6.45, 7) is 4.26. The van der Waals surface area contributed by atoms with E-state index in [2.05, 4.69) is 0 Å². The molecule has 0 aliphatic heterocycles. The summed E-state index contributed by atoms with van der Waals surface area (Å²) >= 11 is 0. The van der Waals surface area contributed by atoms with Crippen molar-refractivity contribution in [3.8, 4) is 5.75 Å². The number of carboxylic acid groups (broad SMARTS) is 1. The molecule has 0 saturated carbocycles. The SMILES string of the molecule is COc1cc(C)c(CN(C)C(=O)CC(=O)O)cc1C. The standard InChI is InChI=1S/C14H19NO4/c1-9-6-12(19-4)10(2)5-11(9)8-15(3)13(16)7-14(17)18/h5-6H,7-8H2,1-4H3,(H,17,18). The third-order valence-corrected chi connectivity index (χ3v) is 2.99. The number of hydrogen-bond donors (Lipinski definition) is 1. The fourth-order valence-electron chi connectivity index (χ4n) is 1.85. The maximum atomic E-state index is 11.6. The molecule has 0 aliphatic rings. The fourth-order valence-corrected chi connectivity index (χ4v) is 1.85. The molecule has 0 atom stereocenters. The lowest BCUT2D eigenvalue weighted by atomic mass is 10.0. The molecule has 104 valence electrons. The van der Waals surface area contributed by atoms with Crippen molar-refractivity contribution in [2.75, 3.05) is 14.2 Å². The minimum atomic E-state index is -1.11. The van der Waals surface area contributed by atoms with Crippen molar-refractivity contribution < 1.29 is 19.4 Å². The molecule has 0 aliphatic carbocycles. The van der Waals surface area contributed by atoms with Gasteiger partial charge in [-0.25, -0.2) is 0 Å². The molecule has 0 spiro atoms. The zero-order valence-electron chi connectivity index (χ0n) is 11.7. The number of nitrogens with zero attached hydrogens (tertiary/aromatic N) is 1. The minimum Gasteiger partial charge on any atom is -0.496 e. The van der Waals surface area contributed by atoms with Crippen molar-refractivity contribution in [2.45, 2.75) is 26.8 Å². The summed E-state index contributed by atoms with van der Waals surface area (Å²) < 4.78 is 5.23. The maximum Gasteiger partial charge on any atom is 0.312 e. The second kappa shape index (κ2) is 6.22. The van der Waals surface area contributed by atoms with Crippen LogP contribution in [-0.2, 0) is 16.1 Å². The molecule has 1 N–H and O–H groups in total. The molecular formula is C14H19NO4. The van der Waals surface area contributed by atoms with Crippen molar-refractivity contribution in [1.29, 1.82) is 0 Å². The maximum absolute atomic E-state index is 11.6. The molecule has 1 aromatic carbocycles. The first-order chi connectivity index (χ1) is 8.85. The van der Waals surface area contributed by atoms with Gasteiger partial charge in [0.2, 0.25) is 5.91 Å². The molecule has 19 heavy (non-hydrogen) atoms. The Morgan fingerprint density at radius 1 is 1.26 bits per heavy atom. The summed E-state index contributed by atoms with van der Waals surface area (Å²) in [6.07, 6.45) is -0.481. The van der Waals surface area contributed by atoms with Crippen LogP contribution in [0.3, 0.4) is 0 Å². The van der Waals surface area contributed by atoms with Crippen LogP contribution in [-0.4, -0.2) is 36.0 Å². The van der Waals surface area contributed by atoms with E-state index in [1.54, 1.807) is 14.2 Å². The van der Waals surface area contributed by atoms with Gasteiger partial charge in [-0.1, -0.05) is 6.07 Å². The predicted octanol–water partition coefficient (Wildman–Crippen LogP) is 1.75. The minimum absolute atomic E-state index is 0.392. The molecule has 0 radical (unpaired) electrons. The Kier molecular flexibility index (Phi) is 4.92. The summed E-state index contributed by atoms with van der Waals surface area (Å²) in [4.78, 5) is 23.5. The Hall–Kier alpha value is -2.04. The van der Waals surface area contributed by atoms with Gasteiger partial charge in [0, 0.05) is 13.6 Å². The van der Waals surface area contributed by atoms with Gasteiger partial charge in [0.15, 0.2) is 0 Å². The summed E-state index contributed by atoms with van der Waals surface area (Å²) in [5, 5.41) is 8.60. The first kappa shape index (κ1) is 15.0. The highest BCUT2D eigenvalue weighted by Gasteiger charge is 2.14. The van der Waals surface area contributed by atoms with Crippen molar-refractivity contribution >= 4 is 11.9 Å². The van der Waals surface area contributed by atoms with Crippen LogP contribution < -0.4 is 4.74 Å². The highest BCUT2D eigenvalue weighted by atomic mass is 16.5. The molecule has 0 aromatic heterocycles. The lowest BCUT2D eigenvalue weighted by molar-refractivity contribution is -0.143. The van der Waals surface area contributed by atoms with Gasteiger partial charge >= 0.3 is 5.97 Å². The molecule has 0 unspecified atom stereocenters. The van der Waals surface area contributed by atoms with Crippen LogP contribution in [0, 0.1) is 13.8 Å². The van der Waals surface area contributed by atoms with E-state index in [0.29, 0.717) is 6.54 Å². The number of carbonyl (C=O) groups is 2. The van der Waals surface area contributed by atoms with Crippen LogP contribution in [0.1, 0.15) is 23.1 Å². The second-order valence-electron chi connectivity index (χ2n) is 4.57. The van der Waals surface area contributed by atoms with Gasteiger partial charge in [0.1, 0.15) is 12.2 Å². The number of rotatable bonds is 5. The van der Waals surface area contributed by atoms with E-state index >= 15 is 0 Å². The molecule has 0 bridgehead atoms. The number of methoxy groups -OCH3 is 1. The second-order valence-corrected chi connectivity index (χ2v) is 4.57. The monoisotopic (exact) mass is 265 g/mol. The predicted molar refractivity (Wildman–Crippen MR) is 71.2 cm³/mol. The quantitative estimate of drug-likeness (QED) is 0.824. The number of benzene rings is 1. The summed E-state index contributed by atoms with van der Waals surface area (Å²) in [7, 11) is 3.22. The number of aliphatic carboxylic acids is 1. The Labute approximate surface area is 112 Å². The highest BCUT2D eigenvalue weighted by molar-refractivity contribution is 5.93. The highest BCUT2D eigenvalue weighted by Crippen LogP contribution is 2.23. The van der Waals surface area contributed by atoms with E-state index in [4.69, 9.17) is 9.84 Å². The zero-order valence-corrected chi connectivity index (χ0v) is 11.7. The number of ether oxygens (including phenoxy) is 1. The van der Waals surface area contributed by atoms with E-state index in [9.17, 15) is 9.59 Å². The summed E-state index contributed by atoms with van der Waals surface area (Å²) in [5.74, 6) is -0.708. The van der Waals surface area contributed by atoms with Crippen LogP contribution in [0.4, 0.5) is 0 Å². The van der Waals surface area contributed by atoms with Crippen molar-refractivity contribution in [2.24, 2.45) is 0 Å². The third kappa shape index (κ3) is 3.98. The lowest BCUT2D eigenvalue weighted by Crippen LogP contribution is -2.28. The fraction of sp³-hybridized carbons (Fsp3) is 0.429. The van der Waals surface area contributed by atoms with E-state index in [-0.39, 0.29) is 0 Å². The van der Waals surface area contributed by atoms with Crippen molar-refractivity contribution in [3.05, 3.63) is 28.8 Å². The lowest BCUT2D eigenvalue weighted by Gasteiger charge is -2.19. The average molecular weight is 265 g/mol. The Balaban J connectivity index is 2.85. The van der Waals surface area contributed by atoms with Gasteiger partial charge in [-0.05, 0) is 36.6 Å². The van der Waals surface area contributed by atoms with Gasteiger partial charge < -0.3 is 14.7 Å². The summed E-state index contributed by atoms with van der Waals surface area (Å²) in [6, 6.07) is 3.87. The Morgan fingerprint density at radius 3 is 2.42 bits per heavy atom. The first-order valence-corrected chi connectivity index (χ1v) is 5.95. The van der Waals surface area contributed by atoms with Gasteiger partial charge in [0.25, 0.3) is 0 Å². The summed E-state index contributed by atoms with van der Waals surface area (Å²) in [5.41, 5.74) is 2.99. The number of carboxylic acids is 1. The van der Waals surface area contributed by atoms with Crippen LogP contribution in [0.2, 0.25) is 0 Å². The number of aryl methyl sites for hydroxylation is 2. The molecule has 0 fully saturated rings. The number of amides is 1. The molecule has 0 heterocycles. The zero-order chi connectivity index (χ0) is 14.6.